The van der Waals surface area contributed by atoms with Gasteiger partial charge in [-0.25, -0.2) is 4.68 Å². The Hall–Kier alpha value is -4.26. The normalized spacial score (nSPS) is 11.1. The highest BCUT2D eigenvalue weighted by Gasteiger charge is 2.15. The maximum Gasteiger partial charge on any atom is 0.287 e. The van der Waals surface area contributed by atoms with Gasteiger partial charge in [0, 0.05) is 17.0 Å². The molecule has 0 saturated heterocycles. The molecule has 0 unspecified atom stereocenters. The first-order valence-electron chi connectivity index (χ1n) is 9.84. The minimum atomic E-state index is -0.343. The lowest BCUT2D eigenvalue weighted by atomic mass is 10.1. The number of fused-ring (bicyclic) bond motifs is 2. The Morgan fingerprint density at radius 1 is 0.968 bits per heavy atom. The van der Waals surface area contributed by atoms with Gasteiger partial charge in [0.1, 0.15) is 5.58 Å². The van der Waals surface area contributed by atoms with Gasteiger partial charge in [0.15, 0.2) is 5.76 Å². The quantitative estimate of drug-likeness (QED) is 0.479. The maximum atomic E-state index is 12.9. The summed E-state index contributed by atoms with van der Waals surface area (Å²) in [5.74, 6) is -0.114. The number of benzene rings is 2. The average Bonchev–Trinajstić information content (AvgIpc) is 3.25. The number of amides is 1. The second-order valence-corrected chi connectivity index (χ2v) is 7.11. The Morgan fingerprint density at radius 3 is 2.55 bits per heavy atom. The van der Waals surface area contributed by atoms with Crippen molar-refractivity contribution in [2.24, 2.45) is 0 Å². The fourth-order valence-electron chi connectivity index (χ4n) is 3.53. The van der Waals surface area contributed by atoms with Crippen LogP contribution in [0.25, 0.3) is 21.7 Å². The van der Waals surface area contributed by atoms with Crippen LogP contribution >= 0.6 is 0 Å². The second-order valence-electron chi connectivity index (χ2n) is 7.11. The van der Waals surface area contributed by atoms with Gasteiger partial charge in [-0.15, -0.1) is 0 Å². The van der Waals surface area contributed by atoms with Crippen LogP contribution in [-0.4, -0.2) is 20.7 Å². The number of nitrogens with zero attached hydrogens (tertiary/aromatic N) is 3. The summed E-state index contributed by atoms with van der Waals surface area (Å²) in [6.45, 7) is 0.397. The number of hydrogen-bond acceptors (Lipinski definition) is 5. The van der Waals surface area contributed by atoms with E-state index in [4.69, 9.17) is 4.42 Å². The average molecular weight is 410 g/mol. The van der Waals surface area contributed by atoms with Crippen molar-refractivity contribution in [3.05, 3.63) is 106 Å². The molecule has 3 aromatic heterocycles. The molecule has 0 aliphatic rings. The summed E-state index contributed by atoms with van der Waals surface area (Å²) in [6.07, 6.45) is 1.68. The molecule has 3 heterocycles. The zero-order valence-corrected chi connectivity index (χ0v) is 16.5. The SMILES string of the molecule is O=C(NCc1nn(Cc2ccccn2)c(=O)c2ccccc12)c1cc2ccccc2o1. The van der Waals surface area contributed by atoms with Gasteiger partial charge >= 0.3 is 0 Å². The smallest absolute Gasteiger partial charge is 0.287 e. The summed E-state index contributed by atoms with van der Waals surface area (Å²) in [5.41, 5.74) is 1.77. The summed E-state index contributed by atoms with van der Waals surface area (Å²) in [5, 5.41) is 9.48. The molecule has 0 atom stereocenters. The van der Waals surface area contributed by atoms with E-state index in [1.165, 1.54) is 4.68 Å². The predicted molar refractivity (Wildman–Crippen MR) is 117 cm³/mol. The summed E-state index contributed by atoms with van der Waals surface area (Å²) in [6, 6.07) is 21.9. The molecule has 0 radical (unpaired) electrons. The molecule has 152 valence electrons. The summed E-state index contributed by atoms with van der Waals surface area (Å²) >= 11 is 0. The van der Waals surface area contributed by atoms with Crippen molar-refractivity contribution in [1.29, 1.82) is 0 Å². The van der Waals surface area contributed by atoms with Crippen LogP contribution in [0.4, 0.5) is 0 Å². The lowest BCUT2D eigenvalue weighted by molar-refractivity contribution is 0.0925. The molecular formula is C24H18N4O3. The number of hydrogen-bond donors (Lipinski definition) is 1. The zero-order valence-electron chi connectivity index (χ0n) is 16.5. The minimum absolute atomic E-state index is 0.152. The van der Waals surface area contributed by atoms with Crippen molar-refractivity contribution in [2.75, 3.05) is 0 Å². The third-order valence-corrected chi connectivity index (χ3v) is 5.05. The molecule has 0 bridgehead atoms. The first-order valence-corrected chi connectivity index (χ1v) is 9.84. The van der Waals surface area contributed by atoms with Crippen molar-refractivity contribution >= 4 is 27.6 Å². The zero-order chi connectivity index (χ0) is 21.2. The van der Waals surface area contributed by atoms with Crippen LogP contribution in [0.2, 0.25) is 0 Å². The number of furan rings is 1. The van der Waals surface area contributed by atoms with E-state index < -0.39 is 0 Å². The molecule has 2 aromatic carbocycles. The third-order valence-electron chi connectivity index (χ3n) is 5.05. The van der Waals surface area contributed by atoms with Gasteiger partial charge in [-0.3, -0.25) is 14.6 Å². The van der Waals surface area contributed by atoms with Gasteiger partial charge < -0.3 is 9.73 Å². The van der Waals surface area contributed by atoms with Crippen molar-refractivity contribution < 1.29 is 9.21 Å². The Kier molecular flexibility index (Phi) is 4.76. The lowest BCUT2D eigenvalue weighted by Gasteiger charge is -2.11. The molecule has 0 aliphatic heterocycles. The van der Waals surface area contributed by atoms with E-state index in [0.717, 1.165) is 11.1 Å². The highest BCUT2D eigenvalue weighted by atomic mass is 16.3. The summed E-state index contributed by atoms with van der Waals surface area (Å²) in [7, 11) is 0. The van der Waals surface area contributed by atoms with E-state index in [1.54, 1.807) is 18.3 Å². The van der Waals surface area contributed by atoms with Gasteiger partial charge in [0.2, 0.25) is 0 Å². The first-order chi connectivity index (χ1) is 15.2. The van der Waals surface area contributed by atoms with E-state index in [-0.39, 0.29) is 30.3 Å². The van der Waals surface area contributed by atoms with Crippen LogP contribution in [0, 0.1) is 0 Å². The van der Waals surface area contributed by atoms with Crippen LogP contribution in [0.3, 0.4) is 0 Å². The molecule has 5 rings (SSSR count). The van der Waals surface area contributed by atoms with Gasteiger partial charge in [0.25, 0.3) is 11.5 Å². The number of aromatic nitrogens is 3. The number of carbonyl (C=O) groups is 1. The Morgan fingerprint density at radius 2 is 1.74 bits per heavy atom. The fraction of sp³-hybridized carbons (Fsp3) is 0.0833. The number of carbonyl (C=O) groups excluding carboxylic acids is 1. The molecule has 0 spiro atoms. The Labute approximate surface area is 177 Å². The standard InChI is InChI=1S/C24H18N4O3/c29-23(22-13-16-7-1-4-11-21(16)31-22)26-14-20-18-9-2-3-10-19(18)24(30)28(27-20)15-17-8-5-6-12-25-17/h1-13H,14-15H2,(H,26,29). The van der Waals surface area contributed by atoms with Gasteiger partial charge in [-0.1, -0.05) is 42.5 Å². The minimum Gasteiger partial charge on any atom is -0.451 e. The van der Waals surface area contributed by atoms with Crippen LogP contribution in [-0.2, 0) is 13.1 Å². The molecule has 0 saturated carbocycles. The van der Waals surface area contributed by atoms with Gasteiger partial charge in [-0.05, 0) is 30.3 Å². The molecule has 5 aromatic rings. The highest BCUT2D eigenvalue weighted by molar-refractivity contribution is 5.96. The number of para-hydroxylation sites is 1. The summed E-state index contributed by atoms with van der Waals surface area (Å²) < 4.78 is 7.01. The monoisotopic (exact) mass is 410 g/mol. The van der Waals surface area contributed by atoms with Crippen LogP contribution < -0.4 is 10.9 Å². The lowest BCUT2D eigenvalue weighted by Crippen LogP contribution is -2.29. The van der Waals surface area contributed by atoms with Crippen LogP contribution in [0.15, 0.2) is 88.2 Å². The predicted octanol–water partition coefficient (Wildman–Crippen LogP) is 3.52. The maximum absolute atomic E-state index is 12.9. The van der Waals surface area contributed by atoms with Gasteiger partial charge in [-0.2, -0.15) is 5.10 Å². The fourth-order valence-corrected chi connectivity index (χ4v) is 3.53. The topological polar surface area (TPSA) is 90.0 Å². The third kappa shape index (κ3) is 3.69. The van der Waals surface area contributed by atoms with E-state index in [2.05, 4.69) is 15.4 Å². The van der Waals surface area contributed by atoms with E-state index >= 15 is 0 Å². The molecule has 7 heteroatoms. The van der Waals surface area contributed by atoms with Crippen molar-refractivity contribution in [1.82, 2.24) is 20.1 Å². The number of rotatable bonds is 5. The van der Waals surface area contributed by atoms with Crippen molar-refractivity contribution in [3.63, 3.8) is 0 Å². The summed E-state index contributed by atoms with van der Waals surface area (Å²) in [4.78, 5) is 29.8. The molecule has 1 amide bonds. The molecule has 31 heavy (non-hydrogen) atoms. The molecule has 0 aliphatic carbocycles. The molecule has 1 N–H and O–H groups in total. The van der Waals surface area contributed by atoms with Crippen LogP contribution in [0.1, 0.15) is 21.9 Å². The number of pyridine rings is 1. The van der Waals surface area contributed by atoms with E-state index in [0.29, 0.717) is 22.0 Å². The van der Waals surface area contributed by atoms with Gasteiger partial charge in [0.05, 0.1) is 29.9 Å². The molecule has 7 nitrogen and oxygen atoms in total. The number of nitrogens with one attached hydrogen (secondary N) is 1. The highest BCUT2D eigenvalue weighted by Crippen LogP contribution is 2.19. The molecular weight excluding hydrogens is 392 g/mol. The van der Waals surface area contributed by atoms with E-state index in [9.17, 15) is 9.59 Å². The van der Waals surface area contributed by atoms with Crippen molar-refractivity contribution in [2.45, 2.75) is 13.1 Å². The first kappa shape index (κ1) is 18.7. The molecule has 0 fully saturated rings. The Bertz CT molecular complexity index is 1420. The van der Waals surface area contributed by atoms with Crippen LogP contribution in [0.5, 0.6) is 0 Å². The van der Waals surface area contributed by atoms with Crippen molar-refractivity contribution in [3.8, 4) is 0 Å². The van der Waals surface area contributed by atoms with E-state index in [1.807, 2.05) is 60.7 Å². The Balaban J connectivity index is 1.46. The second kappa shape index (κ2) is 7.87. The largest absolute Gasteiger partial charge is 0.451 e.